The van der Waals surface area contributed by atoms with Gasteiger partial charge in [0.2, 0.25) is 6.33 Å². The van der Waals surface area contributed by atoms with Crippen molar-refractivity contribution in [3.63, 3.8) is 0 Å². The molecular formula is C9H16N2O. The molecule has 0 aliphatic carbocycles. The molecule has 0 spiro atoms. The number of nitrogens with zero attached hydrogens (tertiary/aromatic N) is 2. The van der Waals surface area contributed by atoms with Crippen LogP contribution in [0.15, 0.2) is 6.33 Å². The maximum atomic E-state index is 11.2. The number of hydrogen-bond acceptors (Lipinski definition) is 1. The fraction of sp³-hybridized carbons (Fsp3) is 0.667. The predicted octanol–water partition coefficient (Wildman–Crippen LogP) is 1.49. The van der Waals surface area contributed by atoms with Crippen molar-refractivity contribution in [3.05, 3.63) is 22.9 Å². The molecule has 1 rings (SSSR count). The molecule has 3 heteroatoms. The monoisotopic (exact) mass is 168 g/mol. The molecule has 0 fully saturated rings. The Labute approximate surface area is 73.2 Å². The van der Waals surface area contributed by atoms with Crippen LogP contribution in [0.2, 0.25) is 0 Å². The molecule has 3 nitrogen and oxygen atoms in total. The molecule has 0 aliphatic rings. The zero-order valence-electron chi connectivity index (χ0n) is 8.38. The van der Waals surface area contributed by atoms with Crippen LogP contribution in [0.1, 0.15) is 32.2 Å². The fourth-order valence-corrected chi connectivity index (χ4v) is 1.29. The summed E-state index contributed by atoms with van der Waals surface area (Å²) in [5.41, 5.74) is 1.81. The molecule has 0 aliphatic heterocycles. The largest absolute Gasteiger partial charge is 0.711 e. The van der Waals surface area contributed by atoms with E-state index in [0.29, 0.717) is 0 Å². The van der Waals surface area contributed by atoms with E-state index in [1.54, 1.807) is 6.33 Å². The summed E-state index contributed by atoms with van der Waals surface area (Å²) in [5, 5.41) is 11.2. The third-order valence-corrected chi connectivity index (χ3v) is 2.16. The predicted molar refractivity (Wildman–Crippen MR) is 47.9 cm³/mol. The van der Waals surface area contributed by atoms with E-state index in [-0.39, 0.29) is 5.54 Å². The van der Waals surface area contributed by atoms with Crippen molar-refractivity contribution in [3.8, 4) is 0 Å². The van der Waals surface area contributed by atoms with Crippen molar-refractivity contribution in [2.24, 2.45) is 0 Å². The molecule has 1 aromatic heterocycles. The lowest BCUT2D eigenvalue weighted by Crippen LogP contribution is -2.28. The molecule has 0 unspecified atom stereocenters. The average molecular weight is 168 g/mol. The zero-order chi connectivity index (χ0) is 9.52. The highest BCUT2D eigenvalue weighted by atomic mass is 16.5. The summed E-state index contributed by atoms with van der Waals surface area (Å²) in [7, 11) is 0. The van der Waals surface area contributed by atoms with Crippen molar-refractivity contribution >= 4 is 0 Å². The Balaban J connectivity index is 3.28. The third kappa shape index (κ3) is 1.31. The van der Waals surface area contributed by atoms with Gasteiger partial charge >= 0.3 is 0 Å². The minimum atomic E-state index is -0.00942. The molecule has 0 radical (unpaired) electrons. The summed E-state index contributed by atoms with van der Waals surface area (Å²) in [6.07, 6.45) is 1.60. The van der Waals surface area contributed by atoms with Gasteiger partial charge in [-0.15, -0.1) is 0 Å². The zero-order valence-corrected chi connectivity index (χ0v) is 8.38. The molecular weight excluding hydrogens is 152 g/mol. The first kappa shape index (κ1) is 9.10. The van der Waals surface area contributed by atoms with Crippen LogP contribution < -0.4 is 4.73 Å². The molecule has 1 heterocycles. The van der Waals surface area contributed by atoms with Crippen molar-refractivity contribution in [1.82, 2.24) is 4.57 Å². The maximum absolute atomic E-state index is 11.2. The van der Waals surface area contributed by atoms with Gasteiger partial charge in [-0.25, -0.2) is 9.30 Å². The number of imidazole rings is 1. The molecule has 0 saturated heterocycles. The highest BCUT2D eigenvalue weighted by Gasteiger charge is 2.23. The summed E-state index contributed by atoms with van der Waals surface area (Å²) in [6, 6.07) is 0. The average Bonchev–Trinajstić information content (AvgIpc) is 2.15. The van der Waals surface area contributed by atoms with E-state index in [0.717, 1.165) is 16.1 Å². The van der Waals surface area contributed by atoms with Crippen molar-refractivity contribution < 1.29 is 4.73 Å². The lowest BCUT2D eigenvalue weighted by molar-refractivity contribution is -0.612. The second kappa shape index (κ2) is 2.51. The summed E-state index contributed by atoms with van der Waals surface area (Å²) in [6.45, 7) is 10.1. The topological polar surface area (TPSA) is 31.9 Å². The van der Waals surface area contributed by atoms with Crippen LogP contribution in [0, 0.1) is 19.1 Å². The Morgan fingerprint density at radius 1 is 1.33 bits per heavy atom. The van der Waals surface area contributed by atoms with E-state index in [4.69, 9.17) is 0 Å². The molecule has 12 heavy (non-hydrogen) atoms. The first-order chi connectivity index (χ1) is 5.34. The van der Waals surface area contributed by atoms with Crippen molar-refractivity contribution in [2.45, 2.75) is 40.2 Å². The lowest BCUT2D eigenvalue weighted by Gasteiger charge is -2.15. The van der Waals surface area contributed by atoms with Crippen LogP contribution in [0.3, 0.4) is 0 Å². The molecule has 0 aromatic carbocycles. The van der Waals surface area contributed by atoms with Gasteiger partial charge in [0.25, 0.3) is 0 Å². The number of rotatable bonds is 0. The van der Waals surface area contributed by atoms with Crippen LogP contribution in [-0.2, 0) is 5.54 Å². The van der Waals surface area contributed by atoms with E-state index in [9.17, 15) is 5.21 Å². The van der Waals surface area contributed by atoms with Crippen LogP contribution in [0.25, 0.3) is 0 Å². The molecule has 0 bridgehead atoms. The first-order valence-corrected chi connectivity index (χ1v) is 4.12. The normalized spacial score (nSPS) is 12.1. The first-order valence-electron chi connectivity index (χ1n) is 4.12. The number of aromatic nitrogens is 2. The van der Waals surface area contributed by atoms with E-state index in [1.165, 1.54) is 0 Å². The van der Waals surface area contributed by atoms with Gasteiger partial charge in [-0.05, 0) is 20.8 Å². The minimum absolute atomic E-state index is 0.00942. The number of hydrogen-bond donors (Lipinski definition) is 0. The van der Waals surface area contributed by atoms with Gasteiger partial charge in [0, 0.05) is 13.8 Å². The highest BCUT2D eigenvalue weighted by Crippen LogP contribution is 2.16. The van der Waals surface area contributed by atoms with Crippen molar-refractivity contribution in [2.75, 3.05) is 0 Å². The summed E-state index contributed by atoms with van der Waals surface area (Å²) in [4.78, 5) is 0. The van der Waals surface area contributed by atoms with Crippen molar-refractivity contribution in [1.29, 1.82) is 0 Å². The summed E-state index contributed by atoms with van der Waals surface area (Å²) in [5.74, 6) is 0. The van der Waals surface area contributed by atoms with E-state index < -0.39 is 0 Å². The van der Waals surface area contributed by atoms with Gasteiger partial charge in [-0.2, -0.15) is 0 Å². The standard InChI is InChI=1S/C9H16N2O/c1-7-8(2)11(12)6-10(7)9(3,4)5/h6H,1-5H3. The SMILES string of the molecule is Cc1c(C)[n+]([O-])cn1C(C)(C)C. The maximum Gasteiger partial charge on any atom is 0.247 e. The molecule has 0 amide bonds. The van der Waals surface area contributed by atoms with Gasteiger partial charge in [0.1, 0.15) is 16.9 Å². The minimum Gasteiger partial charge on any atom is -0.711 e. The molecule has 0 N–H and O–H groups in total. The Hall–Kier alpha value is -0.990. The van der Waals surface area contributed by atoms with E-state index in [1.807, 2.05) is 18.4 Å². The fourth-order valence-electron chi connectivity index (χ4n) is 1.29. The Morgan fingerprint density at radius 2 is 1.83 bits per heavy atom. The quantitative estimate of drug-likeness (QED) is 0.426. The van der Waals surface area contributed by atoms with Crippen LogP contribution >= 0.6 is 0 Å². The van der Waals surface area contributed by atoms with Gasteiger partial charge in [0.15, 0.2) is 0 Å². The summed E-state index contributed by atoms with van der Waals surface area (Å²) < 4.78 is 2.91. The third-order valence-electron chi connectivity index (χ3n) is 2.16. The lowest BCUT2D eigenvalue weighted by atomic mass is 10.1. The Morgan fingerprint density at radius 3 is 2.00 bits per heavy atom. The van der Waals surface area contributed by atoms with E-state index >= 15 is 0 Å². The highest BCUT2D eigenvalue weighted by molar-refractivity contribution is 5.05. The molecule has 0 saturated carbocycles. The van der Waals surface area contributed by atoms with Gasteiger partial charge in [-0.1, -0.05) is 0 Å². The Kier molecular flexibility index (Phi) is 1.90. The van der Waals surface area contributed by atoms with Gasteiger partial charge in [0.05, 0.1) is 0 Å². The smallest absolute Gasteiger partial charge is 0.247 e. The second-order valence-corrected chi connectivity index (χ2v) is 4.15. The van der Waals surface area contributed by atoms with Gasteiger partial charge in [-0.3, -0.25) is 0 Å². The van der Waals surface area contributed by atoms with Crippen LogP contribution in [0.4, 0.5) is 0 Å². The summed E-state index contributed by atoms with van der Waals surface area (Å²) >= 11 is 0. The van der Waals surface area contributed by atoms with Gasteiger partial charge < -0.3 is 5.21 Å². The van der Waals surface area contributed by atoms with Crippen LogP contribution in [-0.4, -0.2) is 4.57 Å². The molecule has 1 aromatic rings. The van der Waals surface area contributed by atoms with E-state index in [2.05, 4.69) is 20.8 Å². The Bertz CT molecular complexity index is 294. The molecule has 68 valence electrons. The second-order valence-electron chi connectivity index (χ2n) is 4.15. The van der Waals surface area contributed by atoms with Crippen LogP contribution in [0.5, 0.6) is 0 Å². The molecule has 0 atom stereocenters.